The summed E-state index contributed by atoms with van der Waals surface area (Å²) in [6.07, 6.45) is 5.26. The molecule has 1 fully saturated rings. The van der Waals surface area contributed by atoms with Crippen molar-refractivity contribution in [2.24, 2.45) is 27.7 Å². The van der Waals surface area contributed by atoms with Gasteiger partial charge in [0.05, 0.1) is 6.07 Å². The number of hydrogen-bond acceptors (Lipinski definition) is 7. The number of carbonyl (C=O) groups excluding carboxylic acids is 1. The van der Waals surface area contributed by atoms with Crippen LogP contribution in [0, 0.1) is 34.0 Å². The zero-order valence-electron chi connectivity index (χ0n) is 61.4. The number of carbonyl (C=O) groups is 1. The molecule has 107 heavy (non-hydrogen) atoms. The van der Waals surface area contributed by atoms with E-state index in [9.17, 15) is 5.26 Å². The molecule has 2 aliphatic rings. The minimum atomic E-state index is -1.27. The predicted octanol–water partition coefficient (Wildman–Crippen LogP) is 21.4. The van der Waals surface area contributed by atoms with Crippen LogP contribution in [0.5, 0.6) is 0 Å². The number of ether oxygens (including phenoxy) is 4. The van der Waals surface area contributed by atoms with Gasteiger partial charge in [0.25, 0.3) is 0 Å². The van der Waals surface area contributed by atoms with Crippen molar-refractivity contribution in [3.63, 3.8) is 0 Å². The first-order valence-electron chi connectivity index (χ1n) is 37.8. The van der Waals surface area contributed by atoms with E-state index in [-0.39, 0.29) is 25.0 Å². The highest BCUT2D eigenvalue weighted by atomic mass is 16.5. The molecule has 0 aromatic heterocycles. The van der Waals surface area contributed by atoms with Crippen molar-refractivity contribution in [3.05, 3.63) is 443 Å². The van der Waals surface area contributed by atoms with Crippen LogP contribution < -0.4 is 5.32 Å². The molecular formula is C99H93N3O5. The Balaban J connectivity index is 0.864. The first kappa shape index (κ1) is 72.8. The summed E-state index contributed by atoms with van der Waals surface area (Å²) in [6, 6.07) is 128. The van der Waals surface area contributed by atoms with Crippen molar-refractivity contribution in [1.29, 1.82) is 5.26 Å². The van der Waals surface area contributed by atoms with Gasteiger partial charge in [-0.3, -0.25) is 9.79 Å². The van der Waals surface area contributed by atoms with Crippen molar-refractivity contribution in [3.8, 4) is 6.07 Å². The summed E-state index contributed by atoms with van der Waals surface area (Å²) < 4.78 is 30.4. The Labute approximate surface area is 632 Å². The van der Waals surface area contributed by atoms with Crippen LogP contribution in [0.4, 0.5) is 0 Å². The molecule has 2 aliphatic heterocycles. The Bertz CT molecular complexity index is 4530. The molecule has 0 saturated carbocycles. The Morgan fingerprint density at radius 3 is 0.813 bits per heavy atom. The molecule has 8 heteroatoms. The molecule has 1 amide bonds. The van der Waals surface area contributed by atoms with Gasteiger partial charge in [0.2, 0.25) is 5.91 Å². The van der Waals surface area contributed by atoms with E-state index in [0.717, 1.165) is 78.2 Å². The molecule has 14 rings (SSSR count). The van der Waals surface area contributed by atoms with Crippen molar-refractivity contribution in [2.75, 3.05) is 26.4 Å². The molecule has 0 spiro atoms. The second-order valence-corrected chi connectivity index (χ2v) is 29.0. The number of allylic oxidation sites excluding steroid dienone is 2. The van der Waals surface area contributed by atoms with Gasteiger partial charge < -0.3 is 24.3 Å². The van der Waals surface area contributed by atoms with E-state index in [1.165, 1.54) is 0 Å². The summed E-state index contributed by atoms with van der Waals surface area (Å²) in [5.74, 6) is -0.972. The quantitative estimate of drug-likeness (QED) is 0.0343. The van der Waals surface area contributed by atoms with Gasteiger partial charge in [-0.2, -0.15) is 5.26 Å². The fraction of sp³-hybridized carbons (Fsp3) is 0.222. The minimum absolute atomic E-state index is 0.0828. The van der Waals surface area contributed by atoms with E-state index in [0.29, 0.717) is 51.7 Å². The third kappa shape index (κ3) is 14.2. The topological polar surface area (TPSA) is 102 Å². The molecule has 1 N–H and O–H groups in total. The summed E-state index contributed by atoms with van der Waals surface area (Å²) in [4.78, 5) is 21.4. The third-order valence-electron chi connectivity index (χ3n) is 23.0. The van der Waals surface area contributed by atoms with Gasteiger partial charge in [-0.05, 0) is 118 Å². The van der Waals surface area contributed by atoms with Crippen molar-refractivity contribution in [2.45, 2.75) is 87.2 Å². The second-order valence-electron chi connectivity index (χ2n) is 29.0. The molecule has 12 aromatic rings. The van der Waals surface area contributed by atoms with Gasteiger partial charge in [-0.15, -0.1) is 0 Å². The average molecular weight is 1400 g/mol. The van der Waals surface area contributed by atoms with Crippen LogP contribution in [-0.4, -0.2) is 43.6 Å². The first-order chi connectivity index (χ1) is 52.5. The molecule has 8 nitrogen and oxygen atoms in total. The zero-order valence-corrected chi connectivity index (χ0v) is 61.4. The van der Waals surface area contributed by atoms with Gasteiger partial charge >= 0.3 is 0 Å². The number of aliphatic imine (C=N–C) groups is 1. The number of nitrogens with one attached hydrogen (secondary N) is 1. The molecular weight excluding hydrogens is 1310 g/mol. The van der Waals surface area contributed by atoms with E-state index < -0.39 is 44.7 Å². The fourth-order valence-corrected chi connectivity index (χ4v) is 17.2. The monoisotopic (exact) mass is 1400 g/mol. The molecule has 12 aromatic carbocycles. The van der Waals surface area contributed by atoms with Gasteiger partial charge in [-0.1, -0.05) is 378 Å². The van der Waals surface area contributed by atoms with Crippen LogP contribution in [0.25, 0.3) is 0 Å². The van der Waals surface area contributed by atoms with Gasteiger partial charge in [-0.25, -0.2) is 0 Å². The first-order valence-corrected chi connectivity index (χ1v) is 37.8. The highest BCUT2D eigenvalue weighted by Gasteiger charge is 2.58. The van der Waals surface area contributed by atoms with Crippen molar-refractivity contribution >= 4 is 11.6 Å². The Morgan fingerprint density at radius 1 is 0.346 bits per heavy atom. The molecule has 2 heterocycles. The summed E-state index contributed by atoms with van der Waals surface area (Å²) in [7, 11) is 0. The maximum absolute atomic E-state index is 15.7. The maximum atomic E-state index is 15.7. The number of nitrogens with zero attached hydrogens (tertiary/aromatic N) is 2. The highest BCUT2D eigenvalue weighted by Crippen LogP contribution is 2.55. The Kier molecular flexibility index (Phi) is 22.2. The van der Waals surface area contributed by atoms with Crippen LogP contribution in [-0.2, 0) is 46.1 Å². The lowest BCUT2D eigenvalue weighted by atomic mass is 9.62. The van der Waals surface area contributed by atoms with E-state index in [2.05, 4.69) is 322 Å². The molecule has 5 atom stereocenters. The molecule has 0 radical (unpaired) electrons. The van der Waals surface area contributed by atoms with Gasteiger partial charge in [0.15, 0.2) is 0 Å². The van der Waals surface area contributed by atoms with Crippen molar-refractivity contribution in [1.82, 2.24) is 5.32 Å². The van der Waals surface area contributed by atoms with E-state index >= 15 is 4.79 Å². The van der Waals surface area contributed by atoms with Crippen LogP contribution in [0.3, 0.4) is 0 Å². The highest BCUT2D eigenvalue weighted by molar-refractivity contribution is 6.02. The van der Waals surface area contributed by atoms with Gasteiger partial charge in [0.1, 0.15) is 27.9 Å². The molecule has 0 bridgehead atoms. The molecule has 534 valence electrons. The summed E-state index contributed by atoms with van der Waals surface area (Å²) in [5.41, 5.74) is 6.53. The van der Waals surface area contributed by atoms with Crippen LogP contribution in [0.2, 0.25) is 0 Å². The SMILES string of the molecule is C[C@]1(CCOC(c2ccccc2)(c2ccccc2)c2ccccc2)[C@H](CCCOC(c2ccccc2)(c2ccccc2)c2ccccc2)C(/C=C2\NC(=O)[C@@H](CCCOC(c3ccccc3)(c3ccccc3)c3ccccc3)[C@]2(C)CCOC(c2ccccc2)(c2ccccc2)c2ccccc2)=N[C@@]1(C)C#N. The number of nitriles is 1. The lowest BCUT2D eigenvalue weighted by molar-refractivity contribution is -0.124. The normalized spacial score (nSPS) is 19.2. The van der Waals surface area contributed by atoms with E-state index in [1.54, 1.807) is 0 Å². The van der Waals surface area contributed by atoms with E-state index in [4.69, 9.17) is 23.9 Å². The molecule has 0 unspecified atom stereocenters. The number of benzene rings is 12. The molecule has 1 saturated heterocycles. The Hall–Kier alpha value is -11.2. The summed E-state index contributed by atoms with van der Waals surface area (Å²) in [5, 5.41) is 15.6. The number of amides is 1. The summed E-state index contributed by atoms with van der Waals surface area (Å²) in [6.45, 7) is 7.67. The minimum Gasteiger partial charge on any atom is -0.361 e. The van der Waals surface area contributed by atoms with Gasteiger partial charge in [0, 0.05) is 60.5 Å². The third-order valence-corrected chi connectivity index (χ3v) is 23.0. The largest absolute Gasteiger partial charge is 0.361 e. The van der Waals surface area contributed by atoms with Crippen LogP contribution in [0.15, 0.2) is 381 Å². The van der Waals surface area contributed by atoms with Crippen LogP contribution in [0.1, 0.15) is 126 Å². The number of rotatable bonds is 31. The lowest BCUT2D eigenvalue weighted by Gasteiger charge is -2.42. The smallest absolute Gasteiger partial charge is 0.228 e. The van der Waals surface area contributed by atoms with Crippen LogP contribution >= 0.6 is 0 Å². The fourth-order valence-electron chi connectivity index (χ4n) is 17.2. The standard InChI is InChI=1S/C99H93N3O5/c1-93(68-72-106-98(82-54-28-10-29-55-82,83-56-30-11-31-57-83)84-58-32-12-33-59-84)89(67-41-71-105-97(79-48-22-7-23-49-79,80-50-24-8-25-51-80)81-52-26-9-27-53-81)92(103)101-91(93)74-90-88(66-40-70-104-96(76-42-16-4-17-43-76,77-44-18-5-19-45-77)78-46-20-6-21-47-78)94(2,95(3,75-100)102-90)69-73-107-99(85-60-34-13-35-61-85,86-62-36-14-37-63-86)87-64-38-15-39-65-87/h4-39,42-65,74,88-89H,40-41,66-73H2,1-3H3,(H,101,103)/b91-74-/t88-,89-,93+,94+,95+/m1/s1. The Morgan fingerprint density at radius 2 is 0.570 bits per heavy atom. The second kappa shape index (κ2) is 32.7. The average Bonchev–Trinajstić information content (AvgIpc) is 1.64. The number of hydrogen-bond donors (Lipinski definition) is 1. The summed E-state index contributed by atoms with van der Waals surface area (Å²) >= 11 is 0. The predicted molar refractivity (Wildman–Crippen MR) is 429 cm³/mol. The maximum Gasteiger partial charge on any atom is 0.228 e. The zero-order chi connectivity index (χ0) is 73.5. The van der Waals surface area contributed by atoms with Crippen molar-refractivity contribution < 1.29 is 23.7 Å². The molecule has 0 aliphatic carbocycles. The lowest BCUT2D eigenvalue weighted by Crippen LogP contribution is -2.45. The van der Waals surface area contributed by atoms with E-state index in [1.807, 2.05) is 79.7 Å².